The SMILES string of the molecule is CC[C@@H](C)N(CCC(=O)NC(C)C)C(=O)c1ccoc1. The fourth-order valence-corrected chi connectivity index (χ4v) is 1.91. The first-order valence-corrected chi connectivity index (χ1v) is 7.08. The van der Waals surface area contributed by atoms with Gasteiger partial charge in [0.05, 0.1) is 11.8 Å². The van der Waals surface area contributed by atoms with Gasteiger partial charge in [-0.1, -0.05) is 6.92 Å². The minimum Gasteiger partial charge on any atom is -0.472 e. The van der Waals surface area contributed by atoms with Gasteiger partial charge in [-0.15, -0.1) is 0 Å². The summed E-state index contributed by atoms with van der Waals surface area (Å²) in [5.41, 5.74) is 0.523. The van der Waals surface area contributed by atoms with Crippen molar-refractivity contribution in [1.29, 1.82) is 0 Å². The average molecular weight is 280 g/mol. The Morgan fingerprint density at radius 2 is 2.05 bits per heavy atom. The molecule has 1 N–H and O–H groups in total. The van der Waals surface area contributed by atoms with Crippen molar-refractivity contribution in [2.45, 2.75) is 52.6 Å². The second-order valence-corrected chi connectivity index (χ2v) is 5.24. The zero-order valence-corrected chi connectivity index (χ0v) is 12.7. The number of hydrogen-bond donors (Lipinski definition) is 1. The molecule has 112 valence electrons. The predicted octanol–water partition coefficient (Wildman–Crippen LogP) is 2.44. The fourth-order valence-electron chi connectivity index (χ4n) is 1.91. The number of nitrogens with zero attached hydrogens (tertiary/aromatic N) is 1. The lowest BCUT2D eigenvalue weighted by Gasteiger charge is -2.28. The smallest absolute Gasteiger partial charge is 0.257 e. The van der Waals surface area contributed by atoms with Crippen LogP contribution < -0.4 is 5.32 Å². The highest BCUT2D eigenvalue weighted by molar-refractivity contribution is 5.94. The molecule has 1 aromatic rings. The summed E-state index contributed by atoms with van der Waals surface area (Å²) in [5.74, 6) is -0.126. The molecule has 0 aliphatic rings. The van der Waals surface area contributed by atoms with Crippen molar-refractivity contribution in [2.75, 3.05) is 6.54 Å². The highest BCUT2D eigenvalue weighted by atomic mass is 16.3. The molecule has 0 aliphatic heterocycles. The number of carbonyl (C=O) groups excluding carboxylic acids is 2. The summed E-state index contributed by atoms with van der Waals surface area (Å²) >= 11 is 0. The molecule has 5 nitrogen and oxygen atoms in total. The van der Waals surface area contributed by atoms with Gasteiger partial charge in [0.25, 0.3) is 5.91 Å². The van der Waals surface area contributed by atoms with Crippen LogP contribution in [0.3, 0.4) is 0 Å². The molecule has 0 saturated carbocycles. The third-order valence-corrected chi connectivity index (χ3v) is 3.18. The Hall–Kier alpha value is -1.78. The van der Waals surface area contributed by atoms with Gasteiger partial charge in [0.15, 0.2) is 0 Å². The predicted molar refractivity (Wildman–Crippen MR) is 77.4 cm³/mol. The molecule has 0 unspecified atom stereocenters. The molecule has 0 spiro atoms. The van der Waals surface area contributed by atoms with E-state index < -0.39 is 0 Å². The van der Waals surface area contributed by atoms with E-state index in [1.165, 1.54) is 12.5 Å². The standard InChI is InChI=1S/C15H24N2O3/c1-5-12(4)17(8-6-14(18)16-11(2)3)15(19)13-7-9-20-10-13/h7,9-12H,5-6,8H2,1-4H3,(H,16,18)/t12-/m1/s1. The van der Waals surface area contributed by atoms with Crippen LogP contribution in [-0.2, 0) is 4.79 Å². The number of nitrogens with one attached hydrogen (secondary N) is 1. The van der Waals surface area contributed by atoms with Gasteiger partial charge in [0.1, 0.15) is 6.26 Å². The number of carbonyl (C=O) groups is 2. The summed E-state index contributed by atoms with van der Waals surface area (Å²) in [6.07, 6.45) is 4.07. The fraction of sp³-hybridized carbons (Fsp3) is 0.600. The second-order valence-electron chi connectivity index (χ2n) is 5.24. The Balaban J connectivity index is 2.66. The summed E-state index contributed by atoms with van der Waals surface area (Å²) in [7, 11) is 0. The van der Waals surface area contributed by atoms with E-state index >= 15 is 0 Å². The third-order valence-electron chi connectivity index (χ3n) is 3.18. The van der Waals surface area contributed by atoms with Gasteiger partial charge in [0.2, 0.25) is 5.91 Å². The van der Waals surface area contributed by atoms with Crippen LogP contribution in [-0.4, -0.2) is 35.3 Å². The maximum Gasteiger partial charge on any atom is 0.257 e. The third kappa shape index (κ3) is 4.72. The number of rotatable bonds is 7. The first-order valence-electron chi connectivity index (χ1n) is 7.08. The maximum atomic E-state index is 12.4. The van der Waals surface area contributed by atoms with E-state index in [1.54, 1.807) is 11.0 Å². The molecule has 1 atom stereocenters. The highest BCUT2D eigenvalue weighted by Crippen LogP contribution is 2.12. The molecular formula is C15H24N2O3. The molecule has 1 rings (SSSR count). The minimum atomic E-state index is -0.0922. The van der Waals surface area contributed by atoms with Crippen LogP contribution in [0, 0.1) is 0 Å². The summed E-state index contributed by atoms with van der Waals surface area (Å²) in [6, 6.07) is 1.85. The molecule has 5 heteroatoms. The van der Waals surface area contributed by atoms with Crippen LogP contribution in [0.1, 0.15) is 50.9 Å². The quantitative estimate of drug-likeness (QED) is 0.834. The van der Waals surface area contributed by atoms with Crippen molar-refractivity contribution in [3.05, 3.63) is 24.2 Å². The molecule has 0 fully saturated rings. The van der Waals surface area contributed by atoms with Crippen molar-refractivity contribution in [3.8, 4) is 0 Å². The second kappa shape index (κ2) is 7.72. The number of furan rings is 1. The lowest BCUT2D eigenvalue weighted by molar-refractivity contribution is -0.121. The van der Waals surface area contributed by atoms with Gasteiger partial charge in [-0.2, -0.15) is 0 Å². The highest BCUT2D eigenvalue weighted by Gasteiger charge is 2.22. The van der Waals surface area contributed by atoms with Crippen LogP contribution in [0.25, 0.3) is 0 Å². The molecular weight excluding hydrogens is 256 g/mol. The summed E-state index contributed by atoms with van der Waals surface area (Å²) in [5, 5.41) is 2.83. The van der Waals surface area contributed by atoms with E-state index in [0.717, 1.165) is 6.42 Å². The van der Waals surface area contributed by atoms with Crippen molar-refractivity contribution >= 4 is 11.8 Å². The topological polar surface area (TPSA) is 62.6 Å². The van der Waals surface area contributed by atoms with E-state index in [2.05, 4.69) is 5.32 Å². The summed E-state index contributed by atoms with van der Waals surface area (Å²) in [4.78, 5) is 25.8. The van der Waals surface area contributed by atoms with Gasteiger partial charge in [-0.25, -0.2) is 0 Å². The van der Waals surface area contributed by atoms with Gasteiger partial charge in [-0.05, 0) is 33.3 Å². The van der Waals surface area contributed by atoms with Crippen LogP contribution in [0.4, 0.5) is 0 Å². The normalized spacial score (nSPS) is 12.2. The van der Waals surface area contributed by atoms with Gasteiger partial charge in [-0.3, -0.25) is 9.59 Å². The first kappa shape index (κ1) is 16.3. The van der Waals surface area contributed by atoms with E-state index in [1.807, 2.05) is 27.7 Å². The molecule has 0 radical (unpaired) electrons. The molecule has 1 heterocycles. The Labute approximate surface area is 120 Å². The van der Waals surface area contributed by atoms with Gasteiger partial charge >= 0.3 is 0 Å². The van der Waals surface area contributed by atoms with Crippen LogP contribution in [0.2, 0.25) is 0 Å². The monoisotopic (exact) mass is 280 g/mol. The Bertz CT molecular complexity index is 426. The molecule has 0 bridgehead atoms. The van der Waals surface area contributed by atoms with Crippen molar-refractivity contribution < 1.29 is 14.0 Å². The Morgan fingerprint density at radius 1 is 1.35 bits per heavy atom. The molecule has 0 aliphatic carbocycles. The van der Waals surface area contributed by atoms with Crippen molar-refractivity contribution in [1.82, 2.24) is 10.2 Å². The zero-order chi connectivity index (χ0) is 15.1. The number of amides is 2. The molecule has 0 saturated heterocycles. The number of hydrogen-bond acceptors (Lipinski definition) is 3. The van der Waals surface area contributed by atoms with Gasteiger partial charge in [0, 0.05) is 25.0 Å². The lowest BCUT2D eigenvalue weighted by atomic mass is 10.1. The molecule has 20 heavy (non-hydrogen) atoms. The average Bonchev–Trinajstić information content (AvgIpc) is 2.91. The summed E-state index contributed by atoms with van der Waals surface area (Å²) < 4.78 is 4.95. The molecule has 2 amide bonds. The lowest BCUT2D eigenvalue weighted by Crippen LogP contribution is -2.41. The van der Waals surface area contributed by atoms with Crippen LogP contribution in [0.15, 0.2) is 23.0 Å². The largest absolute Gasteiger partial charge is 0.472 e. The van der Waals surface area contributed by atoms with Crippen molar-refractivity contribution in [2.24, 2.45) is 0 Å². The van der Waals surface area contributed by atoms with E-state index in [0.29, 0.717) is 18.5 Å². The van der Waals surface area contributed by atoms with Gasteiger partial charge < -0.3 is 14.6 Å². The van der Waals surface area contributed by atoms with Crippen LogP contribution in [0.5, 0.6) is 0 Å². The first-order chi connectivity index (χ1) is 9.45. The molecule has 1 aromatic heterocycles. The molecule has 0 aromatic carbocycles. The van der Waals surface area contributed by atoms with E-state index in [4.69, 9.17) is 4.42 Å². The summed E-state index contributed by atoms with van der Waals surface area (Å²) in [6.45, 7) is 8.26. The van der Waals surface area contributed by atoms with Crippen LogP contribution >= 0.6 is 0 Å². The Morgan fingerprint density at radius 3 is 2.55 bits per heavy atom. The van der Waals surface area contributed by atoms with E-state index in [-0.39, 0.29) is 23.9 Å². The van der Waals surface area contributed by atoms with E-state index in [9.17, 15) is 9.59 Å². The Kier molecular flexibility index (Phi) is 6.28. The maximum absolute atomic E-state index is 12.4. The zero-order valence-electron chi connectivity index (χ0n) is 12.7. The minimum absolute atomic E-state index is 0.0340. The van der Waals surface area contributed by atoms with Crippen molar-refractivity contribution in [3.63, 3.8) is 0 Å².